The molecule has 1 aromatic rings. The van der Waals surface area contributed by atoms with Crippen molar-refractivity contribution in [2.45, 2.75) is 25.5 Å². The van der Waals surface area contributed by atoms with Gasteiger partial charge >= 0.3 is 0 Å². The normalized spacial score (nSPS) is 13.3. The van der Waals surface area contributed by atoms with E-state index in [1.807, 2.05) is 19.0 Å². The summed E-state index contributed by atoms with van der Waals surface area (Å²) >= 11 is 6.01. The fourth-order valence-corrected chi connectivity index (χ4v) is 1.86. The molecule has 0 radical (unpaired) electrons. The van der Waals surface area contributed by atoms with Gasteiger partial charge in [-0.25, -0.2) is 0 Å². The number of nitrogens with zero attached hydrogens (tertiary/aromatic N) is 3. The van der Waals surface area contributed by atoms with Crippen LogP contribution in [0.1, 0.15) is 24.6 Å². The first kappa shape index (κ1) is 14.4. The van der Waals surface area contributed by atoms with Gasteiger partial charge in [0.05, 0.1) is 29.6 Å². The van der Waals surface area contributed by atoms with Crippen LogP contribution in [0.25, 0.3) is 0 Å². The summed E-state index contributed by atoms with van der Waals surface area (Å²) < 4.78 is 1.73. The Morgan fingerprint density at radius 3 is 2.82 bits per heavy atom. The number of hydrogen-bond donors (Lipinski definition) is 2. The fourth-order valence-electron chi connectivity index (χ4n) is 1.60. The summed E-state index contributed by atoms with van der Waals surface area (Å²) in [5.41, 5.74) is 0.641. The van der Waals surface area contributed by atoms with Crippen LogP contribution in [-0.4, -0.2) is 52.1 Å². The van der Waals surface area contributed by atoms with Crippen molar-refractivity contribution in [3.8, 4) is 0 Å². The first-order valence-electron chi connectivity index (χ1n) is 5.71. The highest BCUT2D eigenvalue weighted by molar-refractivity contribution is 6.31. The van der Waals surface area contributed by atoms with Crippen LogP contribution in [-0.2, 0) is 6.54 Å². The van der Waals surface area contributed by atoms with Crippen molar-refractivity contribution in [3.05, 3.63) is 16.9 Å². The second-order valence-electron chi connectivity index (χ2n) is 4.29. The monoisotopic (exact) mass is 261 g/mol. The maximum atomic E-state index is 10.00. The predicted molar refractivity (Wildman–Crippen MR) is 67.1 cm³/mol. The van der Waals surface area contributed by atoms with Crippen molar-refractivity contribution in [1.82, 2.24) is 14.7 Å². The van der Waals surface area contributed by atoms with Crippen molar-refractivity contribution in [1.29, 1.82) is 0 Å². The van der Waals surface area contributed by atoms with Gasteiger partial charge in [0.25, 0.3) is 0 Å². The lowest BCUT2D eigenvalue weighted by Crippen LogP contribution is -2.21. The minimum absolute atomic E-state index is 0.0700. The van der Waals surface area contributed by atoms with Gasteiger partial charge in [-0.1, -0.05) is 11.6 Å². The molecule has 1 atom stereocenters. The van der Waals surface area contributed by atoms with E-state index in [4.69, 9.17) is 16.7 Å². The standard InChI is InChI=1S/C11H20ClN3O2/c1-14(2)5-6-15-11(9(12)8-13-15)10(17)4-3-7-16/h8,10,16-17H,3-7H2,1-2H3. The van der Waals surface area contributed by atoms with Crippen LogP contribution in [0.3, 0.4) is 0 Å². The van der Waals surface area contributed by atoms with Gasteiger partial charge in [0, 0.05) is 13.2 Å². The van der Waals surface area contributed by atoms with Crippen LogP contribution in [0, 0.1) is 0 Å². The molecular formula is C11H20ClN3O2. The highest BCUT2D eigenvalue weighted by Gasteiger charge is 2.17. The van der Waals surface area contributed by atoms with Crippen molar-refractivity contribution in [2.24, 2.45) is 0 Å². The van der Waals surface area contributed by atoms with Gasteiger partial charge < -0.3 is 15.1 Å². The number of aliphatic hydroxyl groups is 2. The number of aliphatic hydroxyl groups excluding tert-OH is 2. The number of rotatable bonds is 7. The Hall–Kier alpha value is -0.620. The highest BCUT2D eigenvalue weighted by atomic mass is 35.5. The molecule has 0 aliphatic rings. The Bertz CT molecular complexity index is 341. The minimum atomic E-state index is -0.667. The molecule has 0 amide bonds. The maximum absolute atomic E-state index is 10.00. The van der Waals surface area contributed by atoms with Gasteiger partial charge in [-0.05, 0) is 26.9 Å². The minimum Gasteiger partial charge on any atom is -0.396 e. The lowest BCUT2D eigenvalue weighted by Gasteiger charge is -2.15. The predicted octanol–water partition coefficient (Wildman–Crippen LogP) is 0.904. The molecule has 0 saturated carbocycles. The molecule has 98 valence electrons. The van der Waals surface area contributed by atoms with E-state index in [-0.39, 0.29) is 6.61 Å². The molecule has 0 aromatic carbocycles. The molecule has 1 rings (SSSR count). The molecule has 0 aliphatic heterocycles. The van der Waals surface area contributed by atoms with Gasteiger partial charge in [0.15, 0.2) is 0 Å². The number of aromatic nitrogens is 2. The third-order valence-corrected chi connectivity index (χ3v) is 2.83. The Morgan fingerprint density at radius 2 is 2.24 bits per heavy atom. The van der Waals surface area contributed by atoms with Gasteiger partial charge in [0.2, 0.25) is 0 Å². The summed E-state index contributed by atoms with van der Waals surface area (Å²) in [5, 5.41) is 23.4. The quantitative estimate of drug-likeness (QED) is 0.766. The summed E-state index contributed by atoms with van der Waals surface area (Å²) in [6, 6.07) is 0. The van der Waals surface area contributed by atoms with Gasteiger partial charge in [-0.3, -0.25) is 4.68 Å². The number of halogens is 1. The van der Waals surface area contributed by atoms with E-state index in [0.29, 0.717) is 30.1 Å². The largest absolute Gasteiger partial charge is 0.396 e. The van der Waals surface area contributed by atoms with Crippen LogP contribution in [0.2, 0.25) is 5.02 Å². The Kier molecular flexibility index (Phi) is 5.91. The molecular weight excluding hydrogens is 242 g/mol. The lowest BCUT2D eigenvalue weighted by atomic mass is 10.1. The highest BCUT2D eigenvalue weighted by Crippen LogP contribution is 2.25. The second kappa shape index (κ2) is 6.96. The summed E-state index contributed by atoms with van der Waals surface area (Å²) in [6.45, 7) is 1.59. The van der Waals surface area contributed by atoms with Crippen molar-refractivity contribution < 1.29 is 10.2 Å². The molecule has 17 heavy (non-hydrogen) atoms. The van der Waals surface area contributed by atoms with Gasteiger partial charge in [0.1, 0.15) is 0 Å². The van der Waals surface area contributed by atoms with Crippen LogP contribution in [0.4, 0.5) is 0 Å². The molecule has 2 N–H and O–H groups in total. The smallest absolute Gasteiger partial charge is 0.0972 e. The van der Waals surface area contributed by atoms with E-state index < -0.39 is 6.10 Å². The molecule has 1 aromatic heterocycles. The average molecular weight is 262 g/mol. The summed E-state index contributed by atoms with van der Waals surface area (Å²) in [5.74, 6) is 0. The van der Waals surface area contributed by atoms with E-state index >= 15 is 0 Å². The molecule has 0 bridgehead atoms. The Labute approximate surface area is 107 Å². The van der Waals surface area contributed by atoms with Crippen LogP contribution < -0.4 is 0 Å². The van der Waals surface area contributed by atoms with E-state index in [9.17, 15) is 5.11 Å². The Morgan fingerprint density at radius 1 is 1.53 bits per heavy atom. The van der Waals surface area contributed by atoms with Crippen LogP contribution >= 0.6 is 11.6 Å². The topological polar surface area (TPSA) is 61.5 Å². The summed E-state index contributed by atoms with van der Waals surface area (Å²) in [7, 11) is 3.96. The summed E-state index contributed by atoms with van der Waals surface area (Å²) in [6.07, 6.45) is 1.92. The molecule has 0 spiro atoms. The molecule has 0 aliphatic carbocycles. The Balaban J connectivity index is 2.71. The lowest BCUT2D eigenvalue weighted by molar-refractivity contribution is 0.141. The van der Waals surface area contributed by atoms with E-state index in [2.05, 4.69) is 5.10 Å². The molecule has 6 heteroatoms. The second-order valence-corrected chi connectivity index (χ2v) is 4.69. The molecule has 1 heterocycles. The first-order chi connectivity index (χ1) is 8.06. The van der Waals surface area contributed by atoms with E-state index in [0.717, 1.165) is 6.54 Å². The fraction of sp³-hybridized carbons (Fsp3) is 0.727. The van der Waals surface area contributed by atoms with Crippen LogP contribution in [0.15, 0.2) is 6.20 Å². The van der Waals surface area contributed by atoms with E-state index in [1.54, 1.807) is 10.9 Å². The third kappa shape index (κ3) is 4.27. The third-order valence-electron chi connectivity index (χ3n) is 2.54. The first-order valence-corrected chi connectivity index (χ1v) is 6.09. The van der Waals surface area contributed by atoms with Gasteiger partial charge in [-0.15, -0.1) is 0 Å². The van der Waals surface area contributed by atoms with Crippen molar-refractivity contribution in [2.75, 3.05) is 27.2 Å². The number of hydrogen-bond acceptors (Lipinski definition) is 4. The molecule has 5 nitrogen and oxygen atoms in total. The van der Waals surface area contributed by atoms with E-state index in [1.165, 1.54) is 0 Å². The summed E-state index contributed by atoms with van der Waals surface area (Å²) in [4.78, 5) is 2.04. The van der Waals surface area contributed by atoms with Crippen LogP contribution in [0.5, 0.6) is 0 Å². The molecule has 0 saturated heterocycles. The van der Waals surface area contributed by atoms with Gasteiger partial charge in [-0.2, -0.15) is 5.10 Å². The number of likely N-dealkylation sites (N-methyl/N-ethyl adjacent to an activating group) is 1. The zero-order chi connectivity index (χ0) is 12.8. The average Bonchev–Trinajstić information content (AvgIpc) is 2.64. The van der Waals surface area contributed by atoms with Crippen molar-refractivity contribution in [3.63, 3.8) is 0 Å². The zero-order valence-corrected chi connectivity index (χ0v) is 11.1. The maximum Gasteiger partial charge on any atom is 0.0972 e. The zero-order valence-electron chi connectivity index (χ0n) is 10.3. The SMILES string of the molecule is CN(C)CCn1ncc(Cl)c1C(O)CCCO. The van der Waals surface area contributed by atoms with Crippen molar-refractivity contribution >= 4 is 11.6 Å². The molecule has 1 unspecified atom stereocenters. The molecule has 0 fully saturated rings.